The van der Waals surface area contributed by atoms with Gasteiger partial charge in [0.25, 0.3) is 0 Å². The number of allylic oxidation sites excluding steroid dienone is 1. The summed E-state index contributed by atoms with van der Waals surface area (Å²) in [6.45, 7) is 0. The number of hydrogen-bond donors (Lipinski definition) is 0. The van der Waals surface area contributed by atoms with E-state index in [4.69, 9.17) is 22.1 Å². The van der Waals surface area contributed by atoms with E-state index in [9.17, 15) is 0 Å². The first-order valence-electron chi connectivity index (χ1n) is 3.89. The van der Waals surface area contributed by atoms with Crippen molar-refractivity contribution in [3.8, 4) is 12.1 Å². The van der Waals surface area contributed by atoms with E-state index in [0.29, 0.717) is 10.8 Å². The molecule has 4 nitrogen and oxygen atoms in total. The number of thiazole rings is 1. The summed E-state index contributed by atoms with van der Waals surface area (Å²) < 4.78 is 1.74. The number of halogens is 1. The van der Waals surface area contributed by atoms with Crippen molar-refractivity contribution in [1.29, 1.82) is 10.5 Å². The molecule has 2 rings (SSSR count). The molecule has 0 aliphatic rings. The number of rotatable bonds is 1. The van der Waals surface area contributed by atoms with Crippen molar-refractivity contribution in [2.75, 3.05) is 0 Å². The molecule has 0 bridgehead atoms. The van der Waals surface area contributed by atoms with Crippen LogP contribution in [0.5, 0.6) is 0 Å². The Morgan fingerprint density at radius 1 is 1.53 bits per heavy atom. The minimum Gasteiger partial charge on any atom is -0.289 e. The molecule has 0 saturated carbocycles. The van der Waals surface area contributed by atoms with E-state index >= 15 is 0 Å². The highest BCUT2D eigenvalue weighted by molar-refractivity contribution is 7.15. The third kappa shape index (κ3) is 1.59. The maximum Gasteiger partial charge on any atom is 0.195 e. The van der Waals surface area contributed by atoms with E-state index in [-0.39, 0.29) is 5.57 Å². The van der Waals surface area contributed by atoms with Gasteiger partial charge in [-0.2, -0.15) is 10.5 Å². The Bertz CT molecular complexity index is 607. The number of aromatic nitrogens is 2. The fraction of sp³-hybridized carbons (Fsp3) is 0. The number of nitrogens with zero attached hydrogens (tertiary/aromatic N) is 4. The highest BCUT2D eigenvalue weighted by Crippen LogP contribution is 2.23. The summed E-state index contributed by atoms with van der Waals surface area (Å²) in [4.78, 5) is 4.82. The molecule has 0 radical (unpaired) electrons. The summed E-state index contributed by atoms with van der Waals surface area (Å²) in [5, 5.41) is 19.4. The molecule has 6 heteroatoms. The largest absolute Gasteiger partial charge is 0.289 e. The second-order valence-electron chi connectivity index (χ2n) is 2.63. The van der Waals surface area contributed by atoms with Crippen LogP contribution in [0.25, 0.3) is 11.0 Å². The van der Waals surface area contributed by atoms with Crippen molar-refractivity contribution in [2.24, 2.45) is 0 Å². The van der Waals surface area contributed by atoms with E-state index in [1.165, 1.54) is 17.4 Å². The first kappa shape index (κ1) is 9.72. The maximum atomic E-state index is 8.63. The quantitative estimate of drug-likeness (QED) is 0.712. The Labute approximate surface area is 94.3 Å². The van der Waals surface area contributed by atoms with Gasteiger partial charge in [0.15, 0.2) is 10.1 Å². The SMILES string of the molecule is N#CC(C#N)=Cc1c(Cl)nc2sccn12. The molecule has 0 unspecified atom stereocenters. The van der Waals surface area contributed by atoms with Crippen molar-refractivity contribution >= 4 is 34.0 Å². The Morgan fingerprint density at radius 3 is 2.93 bits per heavy atom. The molecule has 0 aliphatic heterocycles. The molecule has 0 amide bonds. The van der Waals surface area contributed by atoms with E-state index < -0.39 is 0 Å². The van der Waals surface area contributed by atoms with Crippen LogP contribution in [-0.2, 0) is 0 Å². The monoisotopic (exact) mass is 234 g/mol. The summed E-state index contributed by atoms with van der Waals surface area (Å²) in [5.41, 5.74) is 0.566. The Morgan fingerprint density at radius 2 is 2.27 bits per heavy atom. The van der Waals surface area contributed by atoms with E-state index in [0.717, 1.165) is 4.96 Å². The second-order valence-corrected chi connectivity index (χ2v) is 3.86. The van der Waals surface area contributed by atoms with Crippen LogP contribution in [0.2, 0.25) is 5.15 Å². The minimum atomic E-state index is 0.00454. The molecule has 0 saturated heterocycles. The van der Waals surface area contributed by atoms with Crippen molar-refractivity contribution in [1.82, 2.24) is 9.38 Å². The summed E-state index contributed by atoms with van der Waals surface area (Å²) >= 11 is 7.32. The van der Waals surface area contributed by atoms with Crippen LogP contribution >= 0.6 is 22.9 Å². The highest BCUT2D eigenvalue weighted by Gasteiger charge is 2.09. The fourth-order valence-electron chi connectivity index (χ4n) is 1.13. The van der Waals surface area contributed by atoms with E-state index in [1.807, 2.05) is 5.38 Å². The highest BCUT2D eigenvalue weighted by atomic mass is 35.5. The second kappa shape index (κ2) is 3.74. The van der Waals surface area contributed by atoms with Gasteiger partial charge in [0.05, 0.1) is 5.69 Å². The maximum absolute atomic E-state index is 8.63. The van der Waals surface area contributed by atoms with Gasteiger partial charge in [-0.15, -0.1) is 11.3 Å². The molecule has 2 heterocycles. The third-order valence-electron chi connectivity index (χ3n) is 1.78. The van der Waals surface area contributed by atoms with Crippen LogP contribution in [0.15, 0.2) is 17.2 Å². The van der Waals surface area contributed by atoms with Crippen molar-refractivity contribution in [3.05, 3.63) is 28.0 Å². The van der Waals surface area contributed by atoms with Crippen LogP contribution in [-0.4, -0.2) is 9.38 Å². The standard InChI is InChI=1S/C9H3ClN4S/c10-8-7(3-6(4-11)5-12)14-1-2-15-9(14)13-8/h1-3H. The number of hydrogen-bond acceptors (Lipinski definition) is 4. The zero-order valence-corrected chi connectivity index (χ0v) is 8.88. The van der Waals surface area contributed by atoms with Crippen LogP contribution in [0, 0.1) is 22.7 Å². The van der Waals surface area contributed by atoms with Gasteiger partial charge < -0.3 is 0 Å². The summed E-state index contributed by atoms with van der Waals surface area (Å²) in [7, 11) is 0. The lowest BCUT2D eigenvalue weighted by Gasteiger charge is -1.90. The van der Waals surface area contributed by atoms with Crippen LogP contribution in [0.1, 0.15) is 5.69 Å². The molecule has 2 aromatic heterocycles. The molecule has 0 fully saturated rings. The zero-order chi connectivity index (χ0) is 10.8. The smallest absolute Gasteiger partial charge is 0.195 e. The predicted molar refractivity (Wildman–Crippen MR) is 57.3 cm³/mol. The normalized spacial score (nSPS) is 9.53. The van der Waals surface area contributed by atoms with Gasteiger partial charge in [-0.05, 0) is 6.08 Å². The van der Waals surface area contributed by atoms with Gasteiger partial charge in [0.2, 0.25) is 0 Å². The topological polar surface area (TPSA) is 64.9 Å². The molecule has 0 aromatic carbocycles. The average molecular weight is 235 g/mol. The fourth-order valence-corrected chi connectivity index (χ4v) is 2.13. The van der Waals surface area contributed by atoms with Crippen molar-refractivity contribution in [3.63, 3.8) is 0 Å². The Hall–Kier alpha value is -1.82. The molecule has 0 spiro atoms. The molecular formula is C9H3ClN4S. The van der Waals surface area contributed by atoms with Gasteiger partial charge >= 0.3 is 0 Å². The molecule has 72 valence electrons. The zero-order valence-electron chi connectivity index (χ0n) is 7.31. The lowest BCUT2D eigenvalue weighted by molar-refractivity contribution is 1.21. The first-order valence-corrected chi connectivity index (χ1v) is 5.15. The molecule has 0 atom stereocenters. The lowest BCUT2D eigenvalue weighted by atomic mass is 10.2. The van der Waals surface area contributed by atoms with Gasteiger partial charge in [0.1, 0.15) is 17.7 Å². The van der Waals surface area contributed by atoms with Crippen LogP contribution in [0.4, 0.5) is 0 Å². The molecule has 0 aliphatic carbocycles. The number of imidazole rings is 1. The Kier molecular flexibility index (Phi) is 2.42. The summed E-state index contributed by atoms with van der Waals surface area (Å²) in [6, 6.07) is 3.56. The van der Waals surface area contributed by atoms with Gasteiger partial charge in [-0.1, -0.05) is 11.6 Å². The average Bonchev–Trinajstić information content (AvgIpc) is 2.77. The third-order valence-corrected chi connectivity index (χ3v) is 2.81. The van der Waals surface area contributed by atoms with Crippen molar-refractivity contribution < 1.29 is 0 Å². The predicted octanol–water partition coefficient (Wildman–Crippen LogP) is 2.48. The molecular weight excluding hydrogens is 232 g/mol. The minimum absolute atomic E-state index is 0.00454. The Balaban J connectivity index is 2.67. The summed E-state index contributed by atoms with van der Waals surface area (Å²) in [5.74, 6) is 0. The molecule has 0 N–H and O–H groups in total. The lowest BCUT2D eigenvalue weighted by Crippen LogP contribution is -1.82. The van der Waals surface area contributed by atoms with Gasteiger partial charge in [-0.25, -0.2) is 4.98 Å². The first-order chi connectivity index (χ1) is 7.26. The summed E-state index contributed by atoms with van der Waals surface area (Å²) in [6.07, 6.45) is 3.21. The van der Waals surface area contributed by atoms with Gasteiger partial charge in [-0.3, -0.25) is 4.40 Å². The van der Waals surface area contributed by atoms with Crippen LogP contribution < -0.4 is 0 Å². The van der Waals surface area contributed by atoms with Gasteiger partial charge in [0, 0.05) is 11.6 Å². The van der Waals surface area contributed by atoms with E-state index in [1.54, 1.807) is 22.7 Å². The molecule has 2 aromatic rings. The van der Waals surface area contributed by atoms with E-state index in [2.05, 4.69) is 4.98 Å². The van der Waals surface area contributed by atoms with Crippen LogP contribution in [0.3, 0.4) is 0 Å². The number of nitriles is 2. The van der Waals surface area contributed by atoms with Crippen molar-refractivity contribution in [2.45, 2.75) is 0 Å². The molecule has 15 heavy (non-hydrogen) atoms. The number of fused-ring (bicyclic) bond motifs is 1.